The number of methoxy groups -OCH3 is 1. The van der Waals surface area contributed by atoms with Gasteiger partial charge in [0.05, 0.1) is 7.11 Å². The van der Waals surface area contributed by atoms with Crippen molar-refractivity contribution in [2.24, 2.45) is 0 Å². The highest BCUT2D eigenvalue weighted by Gasteiger charge is 2.07. The first-order valence-corrected chi connectivity index (χ1v) is 7.96. The molecular formula is C15H18BrNOS. The van der Waals surface area contributed by atoms with E-state index in [0.717, 1.165) is 23.2 Å². The standard InChI is InChI=1S/C15H18BrNOS/c1-11(15-9-13(16)10-19-15)17-7-6-12-4-3-5-14(8-12)18-2/h3-5,8-11,17H,6-7H2,1-2H3. The maximum absolute atomic E-state index is 5.23. The summed E-state index contributed by atoms with van der Waals surface area (Å²) in [6.45, 7) is 3.16. The van der Waals surface area contributed by atoms with Gasteiger partial charge in [-0.15, -0.1) is 11.3 Å². The van der Waals surface area contributed by atoms with Crippen molar-refractivity contribution in [2.45, 2.75) is 19.4 Å². The summed E-state index contributed by atoms with van der Waals surface area (Å²) >= 11 is 5.27. The van der Waals surface area contributed by atoms with Gasteiger partial charge in [-0.25, -0.2) is 0 Å². The molecule has 4 heteroatoms. The van der Waals surface area contributed by atoms with Gasteiger partial charge in [-0.05, 0) is 59.6 Å². The number of ether oxygens (including phenoxy) is 1. The Hall–Kier alpha value is -0.840. The fourth-order valence-corrected chi connectivity index (χ4v) is 3.39. The average Bonchev–Trinajstić information content (AvgIpc) is 2.86. The van der Waals surface area contributed by atoms with E-state index in [9.17, 15) is 0 Å². The third-order valence-corrected chi connectivity index (χ3v) is 4.89. The van der Waals surface area contributed by atoms with Crippen molar-refractivity contribution < 1.29 is 4.74 Å². The molecule has 2 nitrogen and oxygen atoms in total. The van der Waals surface area contributed by atoms with E-state index in [1.807, 2.05) is 12.1 Å². The van der Waals surface area contributed by atoms with Gasteiger partial charge in [0.2, 0.25) is 0 Å². The van der Waals surface area contributed by atoms with Gasteiger partial charge in [-0.2, -0.15) is 0 Å². The van der Waals surface area contributed by atoms with Crippen LogP contribution in [0.4, 0.5) is 0 Å². The molecule has 1 atom stereocenters. The van der Waals surface area contributed by atoms with E-state index in [4.69, 9.17) is 4.74 Å². The Morgan fingerprint density at radius 1 is 1.37 bits per heavy atom. The highest BCUT2D eigenvalue weighted by molar-refractivity contribution is 9.10. The van der Waals surface area contributed by atoms with Crippen LogP contribution in [0.2, 0.25) is 0 Å². The molecule has 0 amide bonds. The minimum atomic E-state index is 0.391. The molecule has 1 N–H and O–H groups in total. The number of hydrogen-bond donors (Lipinski definition) is 1. The van der Waals surface area contributed by atoms with Crippen molar-refractivity contribution in [2.75, 3.05) is 13.7 Å². The van der Waals surface area contributed by atoms with E-state index >= 15 is 0 Å². The lowest BCUT2D eigenvalue weighted by Crippen LogP contribution is -2.20. The van der Waals surface area contributed by atoms with E-state index in [-0.39, 0.29) is 0 Å². The number of hydrogen-bond acceptors (Lipinski definition) is 3. The van der Waals surface area contributed by atoms with Gasteiger partial charge in [-0.1, -0.05) is 12.1 Å². The molecule has 0 aliphatic carbocycles. The number of halogens is 1. The van der Waals surface area contributed by atoms with Crippen LogP contribution < -0.4 is 10.1 Å². The largest absolute Gasteiger partial charge is 0.497 e. The number of rotatable bonds is 6. The summed E-state index contributed by atoms with van der Waals surface area (Å²) in [6.07, 6.45) is 1.01. The summed E-state index contributed by atoms with van der Waals surface area (Å²) in [5.74, 6) is 0.924. The lowest BCUT2D eigenvalue weighted by Gasteiger charge is -2.12. The van der Waals surface area contributed by atoms with Crippen LogP contribution in [-0.2, 0) is 6.42 Å². The second kappa shape index (κ2) is 7.08. The molecule has 0 aliphatic rings. The van der Waals surface area contributed by atoms with E-state index in [1.54, 1.807) is 18.4 Å². The summed E-state index contributed by atoms with van der Waals surface area (Å²) in [4.78, 5) is 1.36. The lowest BCUT2D eigenvalue weighted by atomic mass is 10.1. The van der Waals surface area contributed by atoms with Crippen LogP contribution in [0, 0.1) is 0 Å². The molecule has 1 unspecified atom stereocenters. The second-order valence-electron chi connectivity index (χ2n) is 4.44. The molecule has 1 aromatic carbocycles. The topological polar surface area (TPSA) is 21.3 Å². The zero-order valence-electron chi connectivity index (χ0n) is 11.2. The molecule has 2 rings (SSSR count). The molecule has 0 fully saturated rings. The van der Waals surface area contributed by atoms with Crippen molar-refractivity contribution in [3.8, 4) is 5.75 Å². The molecule has 0 bridgehead atoms. The molecule has 1 aromatic heterocycles. The monoisotopic (exact) mass is 339 g/mol. The Morgan fingerprint density at radius 3 is 2.89 bits per heavy atom. The molecule has 0 saturated carbocycles. The molecule has 0 spiro atoms. The molecule has 19 heavy (non-hydrogen) atoms. The van der Waals surface area contributed by atoms with Crippen molar-refractivity contribution in [1.29, 1.82) is 0 Å². The molecule has 1 heterocycles. The first kappa shape index (κ1) is 14.6. The molecule has 0 aliphatic heterocycles. The van der Waals surface area contributed by atoms with Crippen molar-refractivity contribution >= 4 is 27.3 Å². The first-order chi connectivity index (χ1) is 9.19. The Labute approximate surface area is 126 Å². The average molecular weight is 340 g/mol. The van der Waals surface area contributed by atoms with Gasteiger partial charge in [-0.3, -0.25) is 0 Å². The first-order valence-electron chi connectivity index (χ1n) is 6.29. The van der Waals surface area contributed by atoms with Crippen LogP contribution in [0.3, 0.4) is 0 Å². The minimum absolute atomic E-state index is 0.391. The third kappa shape index (κ3) is 4.34. The summed E-state index contributed by atoms with van der Waals surface area (Å²) in [7, 11) is 1.70. The zero-order chi connectivity index (χ0) is 13.7. The minimum Gasteiger partial charge on any atom is -0.497 e. The van der Waals surface area contributed by atoms with Gasteiger partial charge >= 0.3 is 0 Å². The summed E-state index contributed by atoms with van der Waals surface area (Å²) in [6, 6.07) is 10.8. The highest BCUT2D eigenvalue weighted by atomic mass is 79.9. The maximum atomic E-state index is 5.23. The number of nitrogens with one attached hydrogen (secondary N) is 1. The second-order valence-corrected chi connectivity index (χ2v) is 6.30. The van der Waals surface area contributed by atoms with Crippen LogP contribution in [0.15, 0.2) is 40.2 Å². The smallest absolute Gasteiger partial charge is 0.119 e. The Morgan fingerprint density at radius 2 is 2.21 bits per heavy atom. The van der Waals surface area contributed by atoms with E-state index < -0.39 is 0 Å². The predicted octanol–water partition coefficient (Wildman–Crippen LogP) is 4.41. The van der Waals surface area contributed by atoms with Gasteiger partial charge in [0.1, 0.15) is 5.75 Å². The molecular weight excluding hydrogens is 322 g/mol. The van der Waals surface area contributed by atoms with Gasteiger partial charge in [0.25, 0.3) is 0 Å². The van der Waals surface area contributed by atoms with Crippen molar-refractivity contribution in [1.82, 2.24) is 5.32 Å². The maximum Gasteiger partial charge on any atom is 0.119 e. The molecule has 0 saturated heterocycles. The molecule has 2 aromatic rings. The molecule has 0 radical (unpaired) electrons. The summed E-state index contributed by atoms with van der Waals surface area (Å²) < 4.78 is 6.39. The quantitative estimate of drug-likeness (QED) is 0.841. The zero-order valence-corrected chi connectivity index (χ0v) is 13.6. The Bertz CT molecular complexity index is 526. The molecule has 102 valence electrons. The fourth-order valence-electron chi connectivity index (χ4n) is 1.92. The van der Waals surface area contributed by atoms with Crippen LogP contribution in [-0.4, -0.2) is 13.7 Å². The van der Waals surface area contributed by atoms with Gasteiger partial charge in [0, 0.05) is 20.8 Å². The summed E-state index contributed by atoms with van der Waals surface area (Å²) in [5, 5.41) is 5.67. The van der Waals surface area contributed by atoms with Crippen LogP contribution in [0.1, 0.15) is 23.4 Å². The number of benzene rings is 1. The highest BCUT2D eigenvalue weighted by Crippen LogP contribution is 2.25. The van der Waals surface area contributed by atoms with Crippen molar-refractivity contribution in [3.05, 3.63) is 50.6 Å². The van der Waals surface area contributed by atoms with Crippen LogP contribution in [0.25, 0.3) is 0 Å². The van der Waals surface area contributed by atoms with Gasteiger partial charge < -0.3 is 10.1 Å². The number of thiophene rings is 1. The van der Waals surface area contributed by atoms with E-state index in [2.05, 4.69) is 51.7 Å². The van der Waals surface area contributed by atoms with Crippen molar-refractivity contribution in [3.63, 3.8) is 0 Å². The predicted molar refractivity (Wildman–Crippen MR) is 85.1 cm³/mol. The lowest BCUT2D eigenvalue weighted by molar-refractivity contribution is 0.414. The Kier molecular flexibility index (Phi) is 5.43. The van der Waals surface area contributed by atoms with E-state index in [1.165, 1.54) is 10.4 Å². The van der Waals surface area contributed by atoms with Crippen LogP contribution >= 0.6 is 27.3 Å². The van der Waals surface area contributed by atoms with E-state index in [0.29, 0.717) is 6.04 Å². The summed E-state index contributed by atoms with van der Waals surface area (Å²) in [5.41, 5.74) is 1.30. The van der Waals surface area contributed by atoms with Crippen LogP contribution in [0.5, 0.6) is 5.75 Å². The fraction of sp³-hybridized carbons (Fsp3) is 0.333. The van der Waals surface area contributed by atoms with Gasteiger partial charge in [0.15, 0.2) is 0 Å². The SMILES string of the molecule is COc1cccc(CCNC(C)c2cc(Br)cs2)c1. The normalized spacial score (nSPS) is 12.4. The Balaban J connectivity index is 1.82. The third-order valence-electron chi connectivity index (χ3n) is 3.01.